The van der Waals surface area contributed by atoms with Gasteiger partial charge in [-0.15, -0.1) is 17.0 Å². The molecule has 1 saturated carbocycles. The Kier molecular flexibility index (Phi) is 4.45. The van der Waals surface area contributed by atoms with Crippen molar-refractivity contribution in [3.05, 3.63) is 0 Å². The lowest BCUT2D eigenvalue weighted by Gasteiger charge is -2.52. The van der Waals surface area contributed by atoms with Gasteiger partial charge in [0.25, 0.3) is 0 Å². The smallest absolute Gasteiger partial charge is 0.0226 e. The van der Waals surface area contributed by atoms with E-state index in [-0.39, 0.29) is 17.0 Å². The van der Waals surface area contributed by atoms with Gasteiger partial charge in [0.1, 0.15) is 0 Å². The zero-order valence-corrected chi connectivity index (χ0v) is 11.4. The summed E-state index contributed by atoms with van der Waals surface area (Å²) in [6.07, 6.45) is 5.54. The van der Waals surface area contributed by atoms with E-state index in [4.69, 9.17) is 0 Å². The molecular weight excluding hydrogens is 226 g/mol. The molecule has 0 aliphatic heterocycles. The van der Waals surface area contributed by atoms with Crippen molar-refractivity contribution in [2.24, 2.45) is 5.41 Å². The van der Waals surface area contributed by atoms with Crippen molar-refractivity contribution in [3.8, 4) is 0 Å². The summed E-state index contributed by atoms with van der Waals surface area (Å²) in [7, 11) is 4.43. The molecule has 13 heavy (non-hydrogen) atoms. The average molecular weight is 250 g/mol. The summed E-state index contributed by atoms with van der Waals surface area (Å²) in [4.78, 5) is 2.41. The largest absolute Gasteiger partial charge is 0.303 e. The van der Waals surface area contributed by atoms with Crippen molar-refractivity contribution in [2.75, 3.05) is 14.1 Å². The first-order chi connectivity index (χ1) is 5.40. The standard InChI is InChI=1S/C11H23N.BrH/c1-10(2)8-6-7-9-11(10,3)12(4)5;/h6-9H2,1-5H3;1H. The maximum Gasteiger partial charge on any atom is 0.0226 e. The van der Waals surface area contributed by atoms with Gasteiger partial charge in [-0.3, -0.25) is 0 Å². The van der Waals surface area contributed by atoms with Crippen LogP contribution in [0, 0.1) is 5.41 Å². The highest BCUT2D eigenvalue weighted by molar-refractivity contribution is 8.93. The monoisotopic (exact) mass is 249 g/mol. The second-order valence-corrected chi connectivity index (χ2v) is 5.26. The van der Waals surface area contributed by atoms with Gasteiger partial charge in [-0.25, -0.2) is 0 Å². The molecule has 0 bridgehead atoms. The van der Waals surface area contributed by atoms with Crippen LogP contribution < -0.4 is 0 Å². The fourth-order valence-electron chi connectivity index (χ4n) is 2.47. The number of rotatable bonds is 1. The maximum absolute atomic E-state index is 2.41. The highest BCUT2D eigenvalue weighted by Gasteiger charge is 2.44. The Bertz CT molecular complexity index is 165. The lowest BCUT2D eigenvalue weighted by molar-refractivity contribution is -0.00567. The quantitative estimate of drug-likeness (QED) is 0.688. The second-order valence-electron chi connectivity index (χ2n) is 5.26. The molecule has 1 fully saturated rings. The number of nitrogens with zero attached hydrogens (tertiary/aromatic N) is 1. The van der Waals surface area contributed by atoms with Crippen LogP contribution in [0.25, 0.3) is 0 Å². The first-order valence-corrected chi connectivity index (χ1v) is 5.08. The highest BCUT2D eigenvalue weighted by Crippen LogP contribution is 2.46. The van der Waals surface area contributed by atoms with E-state index >= 15 is 0 Å². The number of hydrogen-bond acceptors (Lipinski definition) is 1. The van der Waals surface area contributed by atoms with E-state index in [1.54, 1.807) is 0 Å². The Balaban J connectivity index is 0.00000144. The third-order valence-electron chi connectivity index (χ3n) is 4.16. The number of hydrogen-bond donors (Lipinski definition) is 0. The van der Waals surface area contributed by atoms with Crippen molar-refractivity contribution in [1.82, 2.24) is 4.90 Å². The molecule has 0 saturated heterocycles. The zero-order valence-electron chi connectivity index (χ0n) is 9.68. The van der Waals surface area contributed by atoms with Crippen molar-refractivity contribution in [3.63, 3.8) is 0 Å². The Hall–Kier alpha value is 0.440. The normalized spacial score (nSPS) is 32.8. The molecule has 0 spiro atoms. The lowest BCUT2D eigenvalue weighted by Crippen LogP contribution is -2.54. The molecule has 0 amide bonds. The van der Waals surface area contributed by atoms with Crippen LogP contribution in [0.2, 0.25) is 0 Å². The van der Waals surface area contributed by atoms with Crippen LogP contribution >= 0.6 is 17.0 Å². The Morgan fingerprint density at radius 2 is 1.38 bits per heavy atom. The summed E-state index contributed by atoms with van der Waals surface area (Å²) in [6, 6.07) is 0. The van der Waals surface area contributed by atoms with Gasteiger partial charge < -0.3 is 4.90 Å². The maximum atomic E-state index is 2.41. The summed E-state index contributed by atoms with van der Waals surface area (Å²) in [5.41, 5.74) is 0.889. The minimum Gasteiger partial charge on any atom is -0.303 e. The molecule has 0 N–H and O–H groups in total. The Morgan fingerprint density at radius 3 is 1.69 bits per heavy atom. The molecule has 0 radical (unpaired) electrons. The van der Waals surface area contributed by atoms with Gasteiger partial charge in [0, 0.05) is 5.54 Å². The van der Waals surface area contributed by atoms with Crippen LogP contribution in [-0.4, -0.2) is 24.5 Å². The molecule has 80 valence electrons. The van der Waals surface area contributed by atoms with E-state index in [1.807, 2.05) is 0 Å². The Labute approximate surface area is 93.7 Å². The summed E-state index contributed by atoms with van der Waals surface area (Å²) in [5.74, 6) is 0. The first-order valence-electron chi connectivity index (χ1n) is 5.08. The molecule has 1 aliphatic rings. The number of halogens is 1. The predicted octanol–water partition coefficient (Wildman–Crippen LogP) is 3.48. The molecule has 1 rings (SSSR count). The summed E-state index contributed by atoms with van der Waals surface area (Å²) < 4.78 is 0. The van der Waals surface area contributed by atoms with Gasteiger partial charge in [0.05, 0.1) is 0 Å². The van der Waals surface area contributed by atoms with Gasteiger partial charge in [0.2, 0.25) is 0 Å². The first kappa shape index (κ1) is 13.4. The van der Waals surface area contributed by atoms with E-state index in [1.165, 1.54) is 25.7 Å². The molecule has 1 nitrogen and oxygen atoms in total. The Morgan fingerprint density at radius 1 is 0.923 bits per heavy atom. The molecular formula is C11H24BrN. The third kappa shape index (κ3) is 2.27. The van der Waals surface area contributed by atoms with Gasteiger partial charge in [-0.2, -0.15) is 0 Å². The van der Waals surface area contributed by atoms with Crippen LogP contribution in [0.4, 0.5) is 0 Å². The van der Waals surface area contributed by atoms with Gasteiger partial charge in [0.15, 0.2) is 0 Å². The SMILES string of the molecule is Br.CN(C)C1(C)CCCCC1(C)C. The molecule has 0 aromatic rings. The van der Waals surface area contributed by atoms with Gasteiger partial charge in [-0.05, 0) is 39.3 Å². The molecule has 1 atom stereocenters. The van der Waals surface area contributed by atoms with E-state index in [2.05, 4.69) is 39.8 Å². The third-order valence-corrected chi connectivity index (χ3v) is 4.16. The van der Waals surface area contributed by atoms with Crippen molar-refractivity contribution < 1.29 is 0 Å². The van der Waals surface area contributed by atoms with E-state index in [0.717, 1.165) is 0 Å². The van der Waals surface area contributed by atoms with Crippen molar-refractivity contribution in [2.45, 2.75) is 52.0 Å². The molecule has 0 aromatic heterocycles. The zero-order chi connectivity index (χ0) is 9.41. The predicted molar refractivity (Wildman–Crippen MR) is 64.7 cm³/mol. The van der Waals surface area contributed by atoms with Crippen molar-refractivity contribution in [1.29, 1.82) is 0 Å². The fraction of sp³-hybridized carbons (Fsp3) is 1.00. The topological polar surface area (TPSA) is 3.24 Å². The van der Waals surface area contributed by atoms with Crippen LogP contribution in [0.1, 0.15) is 46.5 Å². The summed E-state index contributed by atoms with van der Waals surface area (Å²) >= 11 is 0. The van der Waals surface area contributed by atoms with E-state index < -0.39 is 0 Å². The van der Waals surface area contributed by atoms with E-state index in [9.17, 15) is 0 Å². The second kappa shape index (κ2) is 4.31. The van der Waals surface area contributed by atoms with Crippen LogP contribution in [0.3, 0.4) is 0 Å². The van der Waals surface area contributed by atoms with Crippen LogP contribution in [0.15, 0.2) is 0 Å². The highest BCUT2D eigenvalue weighted by atomic mass is 79.9. The van der Waals surface area contributed by atoms with Crippen LogP contribution in [-0.2, 0) is 0 Å². The van der Waals surface area contributed by atoms with Crippen LogP contribution in [0.5, 0.6) is 0 Å². The minimum absolute atomic E-state index is 0. The fourth-order valence-corrected chi connectivity index (χ4v) is 2.47. The molecule has 2 heteroatoms. The molecule has 0 heterocycles. The average Bonchev–Trinajstić information content (AvgIpc) is 1.95. The lowest BCUT2D eigenvalue weighted by atomic mass is 9.63. The minimum atomic E-state index is 0. The van der Waals surface area contributed by atoms with Crippen molar-refractivity contribution >= 4 is 17.0 Å². The van der Waals surface area contributed by atoms with Gasteiger partial charge in [-0.1, -0.05) is 26.7 Å². The summed E-state index contributed by atoms with van der Waals surface area (Å²) in [5, 5.41) is 0. The molecule has 0 aromatic carbocycles. The van der Waals surface area contributed by atoms with Gasteiger partial charge >= 0.3 is 0 Å². The summed E-state index contributed by atoms with van der Waals surface area (Å²) in [6.45, 7) is 7.23. The molecule has 1 aliphatic carbocycles. The van der Waals surface area contributed by atoms with E-state index in [0.29, 0.717) is 11.0 Å². The molecule has 1 unspecified atom stereocenters.